The average Bonchev–Trinajstić information content (AvgIpc) is 2.76. The Morgan fingerprint density at radius 1 is 1.20 bits per heavy atom. The summed E-state index contributed by atoms with van der Waals surface area (Å²) < 4.78 is 0.979. The van der Waals surface area contributed by atoms with Crippen LogP contribution in [0, 0.1) is 13.8 Å². The summed E-state index contributed by atoms with van der Waals surface area (Å²) in [5.74, 6) is 7.00. The van der Waals surface area contributed by atoms with Crippen molar-refractivity contribution in [2.45, 2.75) is 49.4 Å². The van der Waals surface area contributed by atoms with Crippen molar-refractivity contribution < 1.29 is 0 Å². The lowest BCUT2D eigenvalue weighted by molar-refractivity contribution is 0.538. The van der Waals surface area contributed by atoms with Gasteiger partial charge in [0, 0.05) is 22.1 Å². The smallest absolute Gasteiger partial charge is 0.156 e. The molecular formula is C13H19N5S2. The summed E-state index contributed by atoms with van der Waals surface area (Å²) >= 11 is 3.18. The number of hydrazine groups is 1. The predicted octanol–water partition coefficient (Wildman–Crippen LogP) is 3.28. The molecule has 0 aliphatic rings. The van der Waals surface area contributed by atoms with Crippen LogP contribution in [-0.2, 0) is 5.41 Å². The SMILES string of the molecule is Cc1csc(Sc2nc(C(C)(C)C)nc(NN)c2C)n1. The van der Waals surface area contributed by atoms with Gasteiger partial charge in [-0.15, -0.1) is 11.3 Å². The number of anilines is 1. The van der Waals surface area contributed by atoms with Crippen molar-refractivity contribution in [2.75, 3.05) is 5.43 Å². The minimum Gasteiger partial charge on any atom is -0.308 e. The quantitative estimate of drug-likeness (QED) is 0.515. The molecule has 0 saturated carbocycles. The Balaban J connectivity index is 2.45. The van der Waals surface area contributed by atoms with E-state index in [4.69, 9.17) is 5.84 Å². The van der Waals surface area contributed by atoms with Gasteiger partial charge in [0.1, 0.15) is 16.7 Å². The van der Waals surface area contributed by atoms with Crippen molar-refractivity contribution in [1.82, 2.24) is 15.0 Å². The maximum absolute atomic E-state index is 5.57. The summed E-state index contributed by atoms with van der Waals surface area (Å²) in [6, 6.07) is 0. The molecule has 0 amide bonds. The van der Waals surface area contributed by atoms with Gasteiger partial charge in [0.25, 0.3) is 0 Å². The molecule has 0 radical (unpaired) electrons. The van der Waals surface area contributed by atoms with E-state index in [1.165, 1.54) is 0 Å². The molecule has 0 spiro atoms. The van der Waals surface area contributed by atoms with E-state index in [2.05, 4.69) is 41.1 Å². The van der Waals surface area contributed by atoms with Crippen LogP contribution in [0.4, 0.5) is 5.82 Å². The number of nitrogens with zero attached hydrogens (tertiary/aromatic N) is 3. The molecule has 0 atom stereocenters. The third-order valence-electron chi connectivity index (χ3n) is 2.69. The van der Waals surface area contributed by atoms with Crippen LogP contribution in [0.2, 0.25) is 0 Å². The molecule has 0 saturated heterocycles. The third-order valence-corrected chi connectivity index (χ3v) is 4.84. The first-order valence-electron chi connectivity index (χ1n) is 6.27. The van der Waals surface area contributed by atoms with Crippen LogP contribution in [0.3, 0.4) is 0 Å². The number of hydrogen-bond donors (Lipinski definition) is 2. The summed E-state index contributed by atoms with van der Waals surface area (Å²) in [6.07, 6.45) is 0. The molecule has 0 bridgehead atoms. The van der Waals surface area contributed by atoms with Gasteiger partial charge in [0.15, 0.2) is 4.34 Å². The monoisotopic (exact) mass is 309 g/mol. The topological polar surface area (TPSA) is 76.7 Å². The largest absolute Gasteiger partial charge is 0.308 e. The molecule has 0 aliphatic heterocycles. The number of rotatable bonds is 3. The molecule has 3 N–H and O–H groups in total. The lowest BCUT2D eigenvalue weighted by Gasteiger charge is -2.19. The molecule has 0 aliphatic carbocycles. The second-order valence-corrected chi connectivity index (χ2v) is 7.67. The summed E-state index contributed by atoms with van der Waals surface area (Å²) in [6.45, 7) is 10.2. The third kappa shape index (κ3) is 3.28. The zero-order chi connectivity index (χ0) is 14.9. The molecular weight excluding hydrogens is 290 g/mol. The molecule has 108 valence electrons. The molecule has 2 aromatic heterocycles. The second-order valence-electron chi connectivity index (χ2n) is 5.58. The number of aromatic nitrogens is 3. The summed E-state index contributed by atoms with van der Waals surface area (Å²) in [4.78, 5) is 13.6. The van der Waals surface area contributed by atoms with Crippen LogP contribution in [0.15, 0.2) is 14.7 Å². The van der Waals surface area contributed by atoms with E-state index in [0.29, 0.717) is 5.82 Å². The van der Waals surface area contributed by atoms with Gasteiger partial charge in [-0.3, -0.25) is 0 Å². The highest BCUT2D eigenvalue weighted by atomic mass is 32.2. The Morgan fingerprint density at radius 3 is 2.40 bits per heavy atom. The summed E-state index contributed by atoms with van der Waals surface area (Å²) in [5, 5.41) is 2.93. The fourth-order valence-corrected chi connectivity index (χ4v) is 3.36. The number of hydrogen-bond acceptors (Lipinski definition) is 7. The van der Waals surface area contributed by atoms with E-state index in [1.54, 1.807) is 23.1 Å². The van der Waals surface area contributed by atoms with Gasteiger partial charge in [0.2, 0.25) is 0 Å². The molecule has 2 aromatic rings. The van der Waals surface area contributed by atoms with Gasteiger partial charge in [-0.05, 0) is 25.6 Å². The van der Waals surface area contributed by atoms with E-state index < -0.39 is 0 Å². The van der Waals surface area contributed by atoms with E-state index in [9.17, 15) is 0 Å². The lowest BCUT2D eigenvalue weighted by atomic mass is 9.95. The first-order chi connectivity index (χ1) is 9.31. The van der Waals surface area contributed by atoms with Crippen molar-refractivity contribution in [3.05, 3.63) is 22.5 Å². The molecule has 20 heavy (non-hydrogen) atoms. The number of thiazole rings is 1. The minimum atomic E-state index is -0.132. The highest BCUT2D eigenvalue weighted by Gasteiger charge is 2.21. The molecule has 5 nitrogen and oxygen atoms in total. The van der Waals surface area contributed by atoms with E-state index >= 15 is 0 Å². The Kier molecular flexibility index (Phi) is 4.31. The van der Waals surface area contributed by atoms with Crippen LogP contribution < -0.4 is 11.3 Å². The zero-order valence-corrected chi connectivity index (χ0v) is 13.9. The van der Waals surface area contributed by atoms with Crippen molar-refractivity contribution >= 4 is 28.9 Å². The first-order valence-corrected chi connectivity index (χ1v) is 7.96. The number of nitrogen functional groups attached to an aromatic ring is 1. The van der Waals surface area contributed by atoms with Crippen molar-refractivity contribution in [1.29, 1.82) is 0 Å². The molecule has 7 heteroatoms. The fourth-order valence-electron chi connectivity index (χ4n) is 1.53. The zero-order valence-electron chi connectivity index (χ0n) is 12.3. The van der Waals surface area contributed by atoms with E-state index in [1.807, 2.05) is 19.2 Å². The average molecular weight is 309 g/mol. The van der Waals surface area contributed by atoms with Crippen LogP contribution in [0.25, 0.3) is 0 Å². The van der Waals surface area contributed by atoms with Crippen molar-refractivity contribution in [3.63, 3.8) is 0 Å². The highest BCUT2D eigenvalue weighted by molar-refractivity contribution is 8.01. The Bertz CT molecular complexity index is 616. The van der Waals surface area contributed by atoms with Crippen LogP contribution in [-0.4, -0.2) is 15.0 Å². The maximum Gasteiger partial charge on any atom is 0.156 e. The predicted molar refractivity (Wildman–Crippen MR) is 84.3 cm³/mol. The molecule has 0 unspecified atom stereocenters. The van der Waals surface area contributed by atoms with E-state index in [-0.39, 0.29) is 5.41 Å². The number of nitrogens with two attached hydrogens (primary N) is 1. The summed E-state index contributed by atoms with van der Waals surface area (Å²) in [5.41, 5.74) is 4.49. The fraction of sp³-hybridized carbons (Fsp3) is 0.462. The van der Waals surface area contributed by atoms with Crippen molar-refractivity contribution in [3.8, 4) is 0 Å². The van der Waals surface area contributed by atoms with Gasteiger partial charge in [-0.25, -0.2) is 20.8 Å². The van der Waals surface area contributed by atoms with Gasteiger partial charge >= 0.3 is 0 Å². The highest BCUT2D eigenvalue weighted by Crippen LogP contribution is 2.34. The normalized spacial score (nSPS) is 11.7. The van der Waals surface area contributed by atoms with E-state index in [0.717, 1.165) is 26.4 Å². The van der Waals surface area contributed by atoms with Crippen LogP contribution >= 0.6 is 23.1 Å². The molecule has 2 rings (SSSR count). The van der Waals surface area contributed by atoms with Gasteiger partial charge in [-0.2, -0.15) is 0 Å². The molecule has 2 heterocycles. The second kappa shape index (κ2) is 5.67. The molecule has 0 fully saturated rings. The maximum atomic E-state index is 5.57. The summed E-state index contributed by atoms with van der Waals surface area (Å²) in [7, 11) is 0. The van der Waals surface area contributed by atoms with Gasteiger partial charge in [0.05, 0.1) is 0 Å². The number of aryl methyl sites for hydroxylation is 1. The Morgan fingerprint density at radius 2 is 1.90 bits per heavy atom. The number of nitrogens with one attached hydrogen (secondary N) is 1. The first kappa shape index (κ1) is 15.2. The van der Waals surface area contributed by atoms with Gasteiger partial charge < -0.3 is 5.43 Å². The van der Waals surface area contributed by atoms with Gasteiger partial charge in [-0.1, -0.05) is 20.8 Å². The Hall–Kier alpha value is -1.18. The Labute approximate surface area is 127 Å². The minimum absolute atomic E-state index is 0.132. The lowest BCUT2D eigenvalue weighted by Crippen LogP contribution is -2.20. The molecule has 0 aromatic carbocycles. The van der Waals surface area contributed by atoms with Crippen LogP contribution in [0.1, 0.15) is 37.9 Å². The van der Waals surface area contributed by atoms with Crippen LogP contribution in [0.5, 0.6) is 0 Å². The van der Waals surface area contributed by atoms with Crippen molar-refractivity contribution in [2.24, 2.45) is 5.84 Å². The standard InChI is InChI=1S/C13H19N5S2/c1-7-6-19-12(15-7)20-10-8(2)9(18-14)16-11(17-10)13(3,4)5/h6H,14H2,1-5H3,(H,16,17,18).